The summed E-state index contributed by atoms with van der Waals surface area (Å²) < 4.78 is 5.37. The number of hydrogen-bond acceptors (Lipinski definition) is 2. The maximum absolute atomic E-state index is 12.5. The molecular formula is C17H22N4O. The van der Waals surface area contributed by atoms with E-state index in [4.69, 9.17) is 0 Å². The molecule has 116 valence electrons. The van der Waals surface area contributed by atoms with E-state index in [1.807, 2.05) is 37.1 Å². The summed E-state index contributed by atoms with van der Waals surface area (Å²) in [5, 5.41) is 4.21. The van der Waals surface area contributed by atoms with Gasteiger partial charge >= 0.3 is 5.69 Å². The van der Waals surface area contributed by atoms with Gasteiger partial charge in [-0.25, -0.2) is 4.79 Å². The van der Waals surface area contributed by atoms with Crippen molar-refractivity contribution < 1.29 is 0 Å². The van der Waals surface area contributed by atoms with Crippen LogP contribution in [0.5, 0.6) is 0 Å². The van der Waals surface area contributed by atoms with Gasteiger partial charge in [-0.1, -0.05) is 26.8 Å². The molecular weight excluding hydrogens is 276 g/mol. The lowest BCUT2D eigenvalue weighted by atomic mass is 9.97. The van der Waals surface area contributed by atoms with Crippen LogP contribution in [0.3, 0.4) is 0 Å². The minimum Gasteiger partial charge on any atom is -0.295 e. The van der Waals surface area contributed by atoms with Gasteiger partial charge in [0.1, 0.15) is 0 Å². The van der Waals surface area contributed by atoms with Crippen molar-refractivity contribution in [2.24, 2.45) is 19.5 Å². The van der Waals surface area contributed by atoms with E-state index in [2.05, 4.69) is 38.0 Å². The molecule has 0 saturated heterocycles. The zero-order chi connectivity index (χ0) is 16.1. The smallest absolute Gasteiger partial charge is 0.295 e. The molecule has 2 heterocycles. The Morgan fingerprint density at radius 1 is 1.09 bits per heavy atom. The minimum absolute atomic E-state index is 0.0354. The number of imidazole rings is 1. The molecule has 0 unspecified atom stereocenters. The summed E-state index contributed by atoms with van der Waals surface area (Å²) in [7, 11) is 3.73. The first-order chi connectivity index (χ1) is 10.3. The molecule has 0 saturated carbocycles. The summed E-state index contributed by atoms with van der Waals surface area (Å²) in [6, 6.07) is 6.15. The van der Waals surface area contributed by atoms with Gasteiger partial charge in [-0.2, -0.15) is 5.10 Å². The highest BCUT2D eigenvalue weighted by atomic mass is 16.1. The van der Waals surface area contributed by atoms with E-state index in [1.165, 1.54) is 0 Å². The van der Waals surface area contributed by atoms with Crippen molar-refractivity contribution >= 4 is 11.0 Å². The van der Waals surface area contributed by atoms with Crippen LogP contribution in [0.1, 0.15) is 20.8 Å². The summed E-state index contributed by atoms with van der Waals surface area (Å²) in [5.74, 6) is 0. The Morgan fingerprint density at radius 3 is 2.41 bits per heavy atom. The van der Waals surface area contributed by atoms with Gasteiger partial charge in [-0.05, 0) is 23.1 Å². The lowest BCUT2D eigenvalue weighted by molar-refractivity contribution is 0.342. The first-order valence-corrected chi connectivity index (χ1v) is 7.44. The first-order valence-electron chi connectivity index (χ1n) is 7.44. The van der Waals surface area contributed by atoms with Crippen LogP contribution in [0.25, 0.3) is 22.2 Å². The maximum atomic E-state index is 12.5. The normalized spacial score (nSPS) is 12.2. The van der Waals surface area contributed by atoms with Crippen LogP contribution in [0, 0.1) is 5.41 Å². The van der Waals surface area contributed by atoms with Gasteiger partial charge in [0.15, 0.2) is 0 Å². The molecule has 0 fully saturated rings. The lowest BCUT2D eigenvalue weighted by Gasteiger charge is -2.18. The first kappa shape index (κ1) is 14.6. The van der Waals surface area contributed by atoms with Crippen molar-refractivity contribution in [3.63, 3.8) is 0 Å². The van der Waals surface area contributed by atoms with Crippen LogP contribution in [0.2, 0.25) is 0 Å². The fraction of sp³-hybridized carbons (Fsp3) is 0.412. The third-order valence-corrected chi connectivity index (χ3v) is 3.82. The number of nitrogens with zero attached hydrogens (tertiary/aromatic N) is 4. The molecule has 3 rings (SSSR count). The molecule has 0 bridgehead atoms. The molecule has 0 aliphatic heterocycles. The van der Waals surface area contributed by atoms with Crippen LogP contribution in [-0.4, -0.2) is 18.9 Å². The SMILES string of the molecule is Cn1cc(-c2ccc3c(c2)n(C)c(=O)n3CC(C)(C)C)cn1. The highest BCUT2D eigenvalue weighted by Gasteiger charge is 2.18. The zero-order valence-electron chi connectivity index (χ0n) is 13.8. The second kappa shape index (κ2) is 4.87. The number of aryl methyl sites for hydroxylation is 2. The van der Waals surface area contributed by atoms with E-state index in [0.29, 0.717) is 6.54 Å². The Morgan fingerprint density at radius 2 is 1.82 bits per heavy atom. The Hall–Kier alpha value is -2.30. The van der Waals surface area contributed by atoms with Crippen LogP contribution in [0.15, 0.2) is 35.4 Å². The fourth-order valence-electron chi connectivity index (χ4n) is 2.78. The number of hydrogen-bond donors (Lipinski definition) is 0. The predicted octanol–water partition coefficient (Wildman–Crippen LogP) is 2.79. The fourth-order valence-corrected chi connectivity index (χ4v) is 2.78. The Bertz CT molecular complexity index is 890. The summed E-state index contributed by atoms with van der Waals surface area (Å²) in [6.07, 6.45) is 3.82. The monoisotopic (exact) mass is 298 g/mol. The number of rotatable bonds is 2. The topological polar surface area (TPSA) is 44.8 Å². The van der Waals surface area contributed by atoms with Gasteiger partial charge in [-0.15, -0.1) is 0 Å². The van der Waals surface area contributed by atoms with Gasteiger partial charge in [0.05, 0.1) is 17.2 Å². The Kier molecular flexibility index (Phi) is 3.24. The van der Waals surface area contributed by atoms with Crippen molar-refractivity contribution in [3.05, 3.63) is 41.1 Å². The molecule has 0 atom stereocenters. The highest BCUT2D eigenvalue weighted by molar-refractivity contribution is 5.82. The molecule has 5 nitrogen and oxygen atoms in total. The van der Waals surface area contributed by atoms with Crippen molar-refractivity contribution in [1.82, 2.24) is 18.9 Å². The predicted molar refractivity (Wildman–Crippen MR) is 88.8 cm³/mol. The molecule has 0 amide bonds. The van der Waals surface area contributed by atoms with E-state index in [1.54, 1.807) is 9.25 Å². The number of fused-ring (bicyclic) bond motifs is 1. The van der Waals surface area contributed by atoms with Crippen LogP contribution in [-0.2, 0) is 20.6 Å². The van der Waals surface area contributed by atoms with E-state index >= 15 is 0 Å². The molecule has 0 spiro atoms. The molecule has 0 aliphatic carbocycles. The van der Waals surface area contributed by atoms with E-state index in [9.17, 15) is 4.79 Å². The van der Waals surface area contributed by atoms with E-state index < -0.39 is 0 Å². The lowest BCUT2D eigenvalue weighted by Crippen LogP contribution is -2.27. The van der Waals surface area contributed by atoms with Crippen molar-refractivity contribution in [1.29, 1.82) is 0 Å². The van der Waals surface area contributed by atoms with Crippen LogP contribution in [0.4, 0.5) is 0 Å². The molecule has 2 aromatic heterocycles. The van der Waals surface area contributed by atoms with Crippen LogP contribution >= 0.6 is 0 Å². The number of aromatic nitrogens is 4. The summed E-state index contributed by atoms with van der Waals surface area (Å²) in [5.41, 5.74) is 4.16. The zero-order valence-corrected chi connectivity index (χ0v) is 13.8. The standard InChI is InChI=1S/C17H22N4O/c1-17(2,3)11-21-14-7-6-12(13-9-18-19(4)10-13)8-15(14)20(5)16(21)22/h6-10H,11H2,1-5H3. The minimum atomic E-state index is 0.0354. The highest BCUT2D eigenvalue weighted by Crippen LogP contribution is 2.25. The molecule has 22 heavy (non-hydrogen) atoms. The van der Waals surface area contributed by atoms with Gasteiger partial charge < -0.3 is 0 Å². The van der Waals surface area contributed by atoms with Crippen molar-refractivity contribution in [2.45, 2.75) is 27.3 Å². The molecule has 0 N–H and O–H groups in total. The van der Waals surface area contributed by atoms with E-state index in [-0.39, 0.29) is 11.1 Å². The molecule has 0 aliphatic rings. The molecule has 3 aromatic rings. The van der Waals surface area contributed by atoms with Gasteiger partial charge in [0.2, 0.25) is 0 Å². The summed E-state index contributed by atoms with van der Waals surface area (Å²) in [6.45, 7) is 7.13. The maximum Gasteiger partial charge on any atom is 0.328 e. The average Bonchev–Trinajstić information content (AvgIpc) is 2.96. The summed E-state index contributed by atoms with van der Waals surface area (Å²) in [4.78, 5) is 12.5. The quantitative estimate of drug-likeness (QED) is 0.730. The van der Waals surface area contributed by atoms with Gasteiger partial charge in [-0.3, -0.25) is 13.8 Å². The molecule has 0 radical (unpaired) electrons. The molecule has 1 aromatic carbocycles. The van der Waals surface area contributed by atoms with E-state index in [0.717, 1.165) is 22.2 Å². The second-order valence-corrected chi connectivity index (χ2v) is 7.09. The van der Waals surface area contributed by atoms with Gasteiger partial charge in [0, 0.05) is 32.4 Å². The average molecular weight is 298 g/mol. The van der Waals surface area contributed by atoms with Crippen LogP contribution < -0.4 is 5.69 Å². The Balaban J connectivity index is 2.18. The summed E-state index contributed by atoms with van der Waals surface area (Å²) >= 11 is 0. The molecule has 5 heteroatoms. The second-order valence-electron chi connectivity index (χ2n) is 7.09. The van der Waals surface area contributed by atoms with Crippen molar-refractivity contribution in [2.75, 3.05) is 0 Å². The number of benzene rings is 1. The third-order valence-electron chi connectivity index (χ3n) is 3.82. The van der Waals surface area contributed by atoms with Crippen molar-refractivity contribution in [3.8, 4) is 11.1 Å². The van der Waals surface area contributed by atoms with Gasteiger partial charge in [0.25, 0.3) is 0 Å². The largest absolute Gasteiger partial charge is 0.328 e. The third kappa shape index (κ3) is 2.47. The Labute approximate surface area is 129 Å².